The zero-order valence-electron chi connectivity index (χ0n) is 19.2. The highest BCUT2D eigenvalue weighted by molar-refractivity contribution is 8.00. The van der Waals surface area contributed by atoms with Crippen LogP contribution in [0.2, 0.25) is 0 Å². The topological polar surface area (TPSA) is 111 Å². The Labute approximate surface area is 216 Å². The highest BCUT2D eigenvalue weighted by Gasteiger charge is 2.53. The molecule has 0 aliphatic carbocycles. The highest BCUT2D eigenvalue weighted by Crippen LogP contribution is 2.42. The summed E-state index contributed by atoms with van der Waals surface area (Å²) < 4.78 is 10.7. The first-order chi connectivity index (χ1) is 17.4. The van der Waals surface area contributed by atoms with Crippen molar-refractivity contribution in [3.63, 3.8) is 0 Å². The number of fused-ring (bicyclic) bond motifs is 1. The van der Waals surface area contributed by atoms with Crippen LogP contribution in [0.4, 0.5) is 5.69 Å². The molecule has 2 aromatic rings. The lowest BCUT2D eigenvalue weighted by molar-refractivity contribution is -0.384. The maximum Gasteiger partial charge on any atom is 0.355 e. The Morgan fingerprint density at radius 2 is 2.08 bits per heavy atom. The zero-order valence-corrected chi connectivity index (χ0v) is 20.8. The second-order valence-electron chi connectivity index (χ2n) is 7.84. The average Bonchev–Trinajstić information content (AvgIpc) is 2.90. The number of allylic oxidation sites excluding steroid dienone is 2. The molecule has 36 heavy (non-hydrogen) atoms. The molecule has 1 saturated heterocycles. The van der Waals surface area contributed by atoms with Crippen molar-refractivity contribution < 1.29 is 24.0 Å². The standard InChI is InChI=1S/C25H22ClN3O6S/c1-34-20-9-7-16(8-10-20)14-35-25(31)22-18(5-3-11-26)15-36-24-21(23(30)28(22)24)27-13-17-4-2-6-19(12-17)29(32)33/h2-10,12-13,21,24H,11,14-15H2,1H3/t21?,24-/m0/s1. The molecule has 0 aromatic heterocycles. The normalized spacial score (nSPS) is 19.4. The molecule has 186 valence electrons. The van der Waals surface area contributed by atoms with Gasteiger partial charge in [0.2, 0.25) is 0 Å². The fraction of sp³-hybridized carbons (Fsp3) is 0.240. The number of carbonyl (C=O) groups excluding carboxylic acids is 2. The number of halogens is 1. The van der Waals surface area contributed by atoms with Crippen molar-refractivity contribution in [3.05, 3.63) is 93.2 Å². The number of carbonyl (C=O) groups is 2. The molecule has 9 nitrogen and oxygen atoms in total. The van der Waals surface area contributed by atoms with Crippen molar-refractivity contribution in [2.45, 2.75) is 18.0 Å². The molecule has 0 N–H and O–H groups in total. The van der Waals surface area contributed by atoms with Crippen molar-refractivity contribution in [2.24, 2.45) is 4.99 Å². The molecular formula is C25H22ClN3O6S. The van der Waals surface area contributed by atoms with E-state index in [1.54, 1.807) is 55.7 Å². The SMILES string of the molecule is COc1ccc(COC(=O)C2=C(C=CCCl)CS[C@H]3C(N=Cc4cccc([N+](=O)[O-])c4)C(=O)N23)cc1. The first-order valence-electron chi connectivity index (χ1n) is 10.9. The van der Waals surface area contributed by atoms with E-state index in [1.165, 1.54) is 35.0 Å². The summed E-state index contributed by atoms with van der Waals surface area (Å²) in [7, 11) is 1.57. The van der Waals surface area contributed by atoms with Gasteiger partial charge in [-0.3, -0.25) is 24.8 Å². The second kappa shape index (κ2) is 11.4. The number of ether oxygens (including phenoxy) is 2. The van der Waals surface area contributed by atoms with Crippen molar-refractivity contribution >= 4 is 47.1 Å². The number of non-ortho nitro benzene ring substituents is 1. The number of hydrogen-bond donors (Lipinski definition) is 0. The van der Waals surface area contributed by atoms with E-state index in [4.69, 9.17) is 21.1 Å². The molecule has 2 aliphatic rings. The lowest BCUT2D eigenvalue weighted by Crippen LogP contribution is -2.64. The van der Waals surface area contributed by atoms with Crippen LogP contribution in [0.25, 0.3) is 0 Å². The van der Waals surface area contributed by atoms with E-state index in [2.05, 4.69) is 4.99 Å². The molecule has 0 bridgehead atoms. The molecule has 2 heterocycles. The van der Waals surface area contributed by atoms with Gasteiger partial charge < -0.3 is 9.47 Å². The number of rotatable bonds is 9. The average molecular weight is 528 g/mol. The first kappa shape index (κ1) is 25.5. The van der Waals surface area contributed by atoms with Crippen molar-refractivity contribution in [1.29, 1.82) is 0 Å². The number of amides is 1. The van der Waals surface area contributed by atoms with E-state index in [-0.39, 0.29) is 35.2 Å². The van der Waals surface area contributed by atoms with Crippen LogP contribution in [-0.2, 0) is 20.9 Å². The molecule has 11 heteroatoms. The number of esters is 1. The third kappa shape index (κ3) is 5.44. The van der Waals surface area contributed by atoms with Crippen molar-refractivity contribution in [1.82, 2.24) is 4.90 Å². The summed E-state index contributed by atoms with van der Waals surface area (Å²) in [6.07, 6.45) is 4.88. The van der Waals surface area contributed by atoms with Gasteiger partial charge in [0.15, 0.2) is 6.04 Å². The van der Waals surface area contributed by atoms with Gasteiger partial charge in [0, 0.05) is 30.0 Å². The summed E-state index contributed by atoms with van der Waals surface area (Å²) in [5, 5.41) is 10.6. The molecule has 2 aliphatic heterocycles. The van der Waals surface area contributed by atoms with Gasteiger partial charge in [-0.2, -0.15) is 0 Å². The van der Waals surface area contributed by atoms with Gasteiger partial charge in [0.05, 0.1) is 12.0 Å². The van der Waals surface area contributed by atoms with Gasteiger partial charge in [0.25, 0.3) is 11.6 Å². The van der Waals surface area contributed by atoms with Crippen molar-refractivity contribution in [2.75, 3.05) is 18.7 Å². The van der Waals surface area contributed by atoms with E-state index < -0.39 is 16.9 Å². The van der Waals surface area contributed by atoms with Crippen LogP contribution in [-0.4, -0.2) is 58.1 Å². The monoisotopic (exact) mass is 527 g/mol. The molecule has 1 amide bonds. The second-order valence-corrected chi connectivity index (χ2v) is 9.25. The number of nitro benzene ring substituents is 1. The Balaban J connectivity index is 1.51. The van der Waals surface area contributed by atoms with Crippen LogP contribution in [0, 0.1) is 10.1 Å². The van der Waals surface area contributed by atoms with Crippen LogP contribution in [0.1, 0.15) is 11.1 Å². The molecule has 1 fully saturated rings. The van der Waals surface area contributed by atoms with Gasteiger partial charge >= 0.3 is 5.97 Å². The van der Waals surface area contributed by atoms with E-state index in [9.17, 15) is 19.7 Å². The third-order valence-corrected chi connectivity index (χ3v) is 7.03. The van der Waals surface area contributed by atoms with Gasteiger partial charge in [-0.15, -0.1) is 23.4 Å². The first-order valence-corrected chi connectivity index (χ1v) is 12.5. The molecular weight excluding hydrogens is 506 g/mol. The fourth-order valence-electron chi connectivity index (χ4n) is 3.76. The molecule has 0 spiro atoms. The van der Waals surface area contributed by atoms with E-state index in [0.29, 0.717) is 22.6 Å². The molecule has 4 rings (SSSR count). The maximum absolute atomic E-state index is 13.1. The number of thioether (sulfide) groups is 1. The zero-order chi connectivity index (χ0) is 25.7. The summed E-state index contributed by atoms with van der Waals surface area (Å²) >= 11 is 7.27. The predicted octanol–water partition coefficient (Wildman–Crippen LogP) is 4.10. The van der Waals surface area contributed by atoms with E-state index in [0.717, 1.165) is 5.56 Å². The van der Waals surface area contributed by atoms with Gasteiger partial charge in [-0.05, 0) is 28.8 Å². The smallest absolute Gasteiger partial charge is 0.355 e. The fourth-order valence-corrected chi connectivity index (χ4v) is 5.15. The Hall–Kier alpha value is -3.63. The summed E-state index contributed by atoms with van der Waals surface area (Å²) in [5.74, 6) is 0.464. The van der Waals surface area contributed by atoms with Crippen LogP contribution >= 0.6 is 23.4 Å². The predicted molar refractivity (Wildman–Crippen MR) is 137 cm³/mol. The number of methoxy groups -OCH3 is 1. The Bertz CT molecular complexity index is 1260. The maximum atomic E-state index is 13.1. The van der Waals surface area contributed by atoms with E-state index >= 15 is 0 Å². The Morgan fingerprint density at radius 3 is 2.78 bits per heavy atom. The quantitative estimate of drug-likeness (QED) is 0.120. The summed E-state index contributed by atoms with van der Waals surface area (Å²) in [6.45, 7) is 0.0348. The largest absolute Gasteiger partial charge is 0.497 e. The Kier molecular flexibility index (Phi) is 8.07. The number of hydrogen-bond acceptors (Lipinski definition) is 8. The van der Waals surface area contributed by atoms with Gasteiger partial charge in [-0.1, -0.05) is 36.4 Å². The number of β-lactam (4-membered cyclic amide) rings is 1. The number of aliphatic imine (C=N–C) groups is 1. The number of alkyl halides is 1. The van der Waals surface area contributed by atoms with Crippen LogP contribution in [0.5, 0.6) is 5.75 Å². The minimum Gasteiger partial charge on any atom is -0.497 e. The summed E-state index contributed by atoms with van der Waals surface area (Å²) in [4.78, 5) is 42.5. The lowest BCUT2D eigenvalue weighted by atomic mass is 10.0. The third-order valence-electron chi connectivity index (χ3n) is 5.57. The van der Waals surface area contributed by atoms with Crippen LogP contribution < -0.4 is 4.74 Å². The number of nitrogens with zero attached hydrogens (tertiary/aromatic N) is 3. The molecule has 0 saturated carbocycles. The minimum absolute atomic E-state index is 0.0348. The molecule has 0 radical (unpaired) electrons. The van der Waals surface area contributed by atoms with E-state index in [1.807, 2.05) is 0 Å². The van der Waals surface area contributed by atoms with Crippen LogP contribution in [0.3, 0.4) is 0 Å². The molecule has 2 aromatic carbocycles. The number of benzene rings is 2. The van der Waals surface area contributed by atoms with Crippen LogP contribution in [0.15, 0.2) is 76.9 Å². The number of nitro groups is 1. The highest BCUT2D eigenvalue weighted by atomic mass is 35.5. The molecule has 1 unspecified atom stereocenters. The summed E-state index contributed by atoms with van der Waals surface area (Å²) in [5.41, 5.74) is 2.05. The molecule has 2 atom stereocenters. The Morgan fingerprint density at radius 1 is 1.31 bits per heavy atom. The van der Waals surface area contributed by atoms with Gasteiger partial charge in [-0.25, -0.2) is 4.79 Å². The summed E-state index contributed by atoms with van der Waals surface area (Å²) in [6, 6.07) is 12.4. The van der Waals surface area contributed by atoms with Gasteiger partial charge in [0.1, 0.15) is 23.4 Å². The lowest BCUT2D eigenvalue weighted by Gasteiger charge is -2.47. The minimum atomic E-state index is -0.711. The van der Waals surface area contributed by atoms with Crippen molar-refractivity contribution in [3.8, 4) is 5.75 Å².